The molecule has 1 amide bonds. The highest BCUT2D eigenvalue weighted by atomic mass is 32.2. The number of benzene rings is 1. The van der Waals surface area contributed by atoms with Gasteiger partial charge in [-0.1, -0.05) is 30.8 Å². The molecule has 0 bridgehead atoms. The summed E-state index contributed by atoms with van der Waals surface area (Å²) < 4.78 is 3.64. The van der Waals surface area contributed by atoms with Crippen molar-refractivity contribution in [3.8, 4) is 11.3 Å². The Morgan fingerprint density at radius 1 is 1.29 bits per heavy atom. The molecule has 0 saturated carbocycles. The van der Waals surface area contributed by atoms with Gasteiger partial charge < -0.3 is 4.57 Å². The molecular formula is C20H22N5O2S+. The van der Waals surface area contributed by atoms with Gasteiger partial charge in [-0.05, 0) is 35.4 Å². The number of thioether (sulfide) groups is 1. The molecule has 8 heteroatoms. The van der Waals surface area contributed by atoms with Crippen LogP contribution in [-0.2, 0) is 11.8 Å². The lowest BCUT2D eigenvalue weighted by Crippen LogP contribution is -2.61. The van der Waals surface area contributed by atoms with E-state index in [1.165, 1.54) is 18.7 Å². The molecule has 1 aliphatic rings. The summed E-state index contributed by atoms with van der Waals surface area (Å²) in [5, 5.41) is 5.29. The van der Waals surface area contributed by atoms with Crippen LogP contribution in [0.1, 0.15) is 32.1 Å². The molecule has 0 saturated heterocycles. The number of carbonyl (C=O) groups is 1. The van der Waals surface area contributed by atoms with E-state index in [0.29, 0.717) is 22.1 Å². The molecule has 3 heterocycles. The van der Waals surface area contributed by atoms with Crippen molar-refractivity contribution in [3.63, 3.8) is 0 Å². The molecule has 1 N–H and O–H groups in total. The number of nitrogens with one attached hydrogen (secondary N) is 1. The number of anilines is 1. The second-order valence-electron chi connectivity index (χ2n) is 6.72. The van der Waals surface area contributed by atoms with E-state index in [1.807, 2.05) is 54.2 Å². The Hall–Kier alpha value is -2.87. The number of rotatable bonds is 4. The zero-order chi connectivity index (χ0) is 19.8. The van der Waals surface area contributed by atoms with Crippen LogP contribution in [0.25, 0.3) is 11.3 Å². The minimum Gasteiger partial charge on any atom is -0.347 e. The number of aryl methyl sites for hydroxylation is 1. The van der Waals surface area contributed by atoms with Crippen molar-refractivity contribution in [1.82, 2.24) is 14.6 Å². The Kier molecular flexibility index (Phi) is 4.80. The number of aromatic amines is 1. The van der Waals surface area contributed by atoms with E-state index in [0.717, 1.165) is 17.9 Å². The Morgan fingerprint density at radius 3 is 2.75 bits per heavy atom. The first-order valence-corrected chi connectivity index (χ1v) is 10.2. The van der Waals surface area contributed by atoms with Gasteiger partial charge in [0.05, 0.1) is 11.3 Å². The van der Waals surface area contributed by atoms with E-state index in [4.69, 9.17) is 5.10 Å². The number of amides is 1. The van der Waals surface area contributed by atoms with Crippen molar-refractivity contribution in [2.45, 2.75) is 31.6 Å². The summed E-state index contributed by atoms with van der Waals surface area (Å²) in [7, 11) is 1.92. The molecule has 0 radical (unpaired) electrons. The van der Waals surface area contributed by atoms with E-state index < -0.39 is 6.17 Å². The number of fused-ring (bicyclic) bond motifs is 3. The molecule has 144 valence electrons. The maximum atomic E-state index is 13.0. The van der Waals surface area contributed by atoms with Gasteiger partial charge in [0.25, 0.3) is 0 Å². The van der Waals surface area contributed by atoms with Crippen molar-refractivity contribution >= 4 is 23.4 Å². The van der Waals surface area contributed by atoms with Crippen LogP contribution in [0.4, 0.5) is 5.69 Å². The second kappa shape index (κ2) is 7.27. The molecule has 0 aliphatic carbocycles. The molecule has 3 aromatic rings. The van der Waals surface area contributed by atoms with Gasteiger partial charge in [0, 0.05) is 31.0 Å². The highest BCUT2D eigenvalue weighted by Crippen LogP contribution is 2.37. The predicted octanol–water partition coefficient (Wildman–Crippen LogP) is 2.48. The molecule has 1 aromatic carbocycles. The van der Waals surface area contributed by atoms with Crippen molar-refractivity contribution < 1.29 is 9.48 Å². The third kappa shape index (κ3) is 2.93. The molecule has 28 heavy (non-hydrogen) atoms. The first kappa shape index (κ1) is 18.5. The van der Waals surface area contributed by atoms with Crippen molar-refractivity contribution in [1.29, 1.82) is 0 Å². The fourth-order valence-corrected chi connectivity index (χ4v) is 4.29. The summed E-state index contributed by atoms with van der Waals surface area (Å²) in [4.78, 5) is 30.4. The molecule has 0 fully saturated rings. The topological polar surface area (TPSA) is 74.9 Å². The summed E-state index contributed by atoms with van der Waals surface area (Å²) in [5.41, 5.74) is 2.54. The Balaban J connectivity index is 2.04. The van der Waals surface area contributed by atoms with Gasteiger partial charge in [0.15, 0.2) is 0 Å². The van der Waals surface area contributed by atoms with Gasteiger partial charge >= 0.3 is 17.4 Å². The number of hydrogen-bond donors (Lipinski definition) is 1. The third-order valence-electron chi connectivity index (χ3n) is 4.79. The lowest BCUT2D eigenvalue weighted by atomic mass is 10.0. The molecule has 7 nitrogen and oxygen atoms in total. The normalized spacial score (nSPS) is 15.2. The third-order valence-corrected chi connectivity index (χ3v) is 5.86. The van der Waals surface area contributed by atoms with Crippen LogP contribution in [0.5, 0.6) is 0 Å². The van der Waals surface area contributed by atoms with Gasteiger partial charge in [0.1, 0.15) is 5.69 Å². The fraction of sp³-hybridized carbons (Fsp3) is 0.300. The average Bonchev–Trinajstić information content (AvgIpc) is 3.10. The zero-order valence-electron chi connectivity index (χ0n) is 16.0. The van der Waals surface area contributed by atoms with Crippen molar-refractivity contribution in [2.24, 2.45) is 7.05 Å². The van der Waals surface area contributed by atoms with Crippen LogP contribution in [-0.4, -0.2) is 26.3 Å². The van der Waals surface area contributed by atoms with Gasteiger partial charge in [-0.2, -0.15) is 0 Å². The SMILES string of the molecule is CCCSc1n[n+]2c(c(=O)[nH]1)-c1ccccc1N(C(C)=O)[C@@H]2c1cccn1C. The number of H-pyrrole nitrogens is 1. The quantitative estimate of drug-likeness (QED) is 0.543. The van der Waals surface area contributed by atoms with E-state index in [2.05, 4.69) is 11.9 Å². The zero-order valence-corrected chi connectivity index (χ0v) is 16.9. The monoisotopic (exact) mass is 396 g/mol. The lowest BCUT2D eigenvalue weighted by molar-refractivity contribution is -0.763. The highest BCUT2D eigenvalue weighted by molar-refractivity contribution is 7.99. The number of nitrogens with zero attached hydrogens (tertiary/aromatic N) is 4. The highest BCUT2D eigenvalue weighted by Gasteiger charge is 2.45. The largest absolute Gasteiger partial charge is 0.347 e. The van der Waals surface area contributed by atoms with Gasteiger partial charge in [-0.25, -0.2) is 4.90 Å². The van der Waals surface area contributed by atoms with Crippen molar-refractivity contribution in [2.75, 3.05) is 10.7 Å². The summed E-state index contributed by atoms with van der Waals surface area (Å²) >= 11 is 1.50. The van der Waals surface area contributed by atoms with Gasteiger partial charge in [-0.15, -0.1) is 0 Å². The number of aromatic nitrogens is 4. The second-order valence-corrected chi connectivity index (χ2v) is 7.81. The summed E-state index contributed by atoms with van der Waals surface area (Å²) in [6, 6.07) is 11.3. The van der Waals surface area contributed by atoms with Gasteiger partial charge in [-0.3, -0.25) is 14.6 Å². The van der Waals surface area contributed by atoms with Crippen LogP contribution >= 0.6 is 11.8 Å². The van der Waals surface area contributed by atoms with E-state index in [9.17, 15) is 9.59 Å². The molecule has 2 aromatic heterocycles. The average molecular weight is 396 g/mol. The van der Waals surface area contributed by atoms with Crippen molar-refractivity contribution in [3.05, 3.63) is 58.6 Å². The van der Waals surface area contributed by atoms with E-state index in [-0.39, 0.29) is 11.5 Å². The molecule has 1 aliphatic heterocycles. The summed E-state index contributed by atoms with van der Waals surface area (Å²) in [6.07, 6.45) is 2.36. The van der Waals surface area contributed by atoms with Crippen LogP contribution in [0, 0.1) is 0 Å². The molecule has 0 spiro atoms. The summed E-state index contributed by atoms with van der Waals surface area (Å²) in [5.74, 6) is 0.742. The Bertz CT molecular complexity index is 1100. The Morgan fingerprint density at radius 2 is 2.07 bits per heavy atom. The van der Waals surface area contributed by atoms with Crippen LogP contribution in [0.3, 0.4) is 0 Å². The molecule has 0 unspecified atom stereocenters. The first-order valence-electron chi connectivity index (χ1n) is 9.22. The van der Waals surface area contributed by atoms with Crippen LogP contribution < -0.4 is 15.1 Å². The smallest absolute Gasteiger partial charge is 0.325 e. The first-order chi connectivity index (χ1) is 13.5. The fourth-order valence-electron chi connectivity index (χ4n) is 3.59. The molecule has 1 atom stereocenters. The van der Waals surface area contributed by atoms with E-state index >= 15 is 0 Å². The van der Waals surface area contributed by atoms with Crippen LogP contribution in [0.15, 0.2) is 52.5 Å². The minimum atomic E-state index is -0.536. The van der Waals surface area contributed by atoms with Gasteiger partial charge in [0.2, 0.25) is 11.1 Å². The maximum Gasteiger partial charge on any atom is 0.325 e. The number of para-hydroxylation sites is 1. The molecule has 4 rings (SSSR count). The lowest BCUT2D eigenvalue weighted by Gasteiger charge is -2.31. The molecular weight excluding hydrogens is 374 g/mol. The maximum absolute atomic E-state index is 13.0. The number of hydrogen-bond acceptors (Lipinski definition) is 4. The Labute approximate surface area is 167 Å². The summed E-state index contributed by atoms with van der Waals surface area (Å²) in [6.45, 7) is 3.62. The van der Waals surface area contributed by atoms with Crippen LogP contribution in [0.2, 0.25) is 0 Å². The number of carbonyl (C=O) groups excluding carboxylic acids is 1. The predicted molar refractivity (Wildman–Crippen MR) is 108 cm³/mol. The van der Waals surface area contributed by atoms with E-state index in [1.54, 1.807) is 9.58 Å². The minimum absolute atomic E-state index is 0.110. The standard InChI is InChI=1S/C20H21N5O2S/c1-4-12-28-20-21-18(27)17-14-8-5-6-9-15(14)24(13(2)26)19(25(17)22-20)16-10-7-11-23(16)3/h5-11,19H,4,12H2,1-3H3/p+1/t19-/m0/s1.